The second-order valence-corrected chi connectivity index (χ2v) is 6.00. The van der Waals surface area contributed by atoms with Gasteiger partial charge in [0.2, 0.25) is 5.91 Å². The molecule has 19 heavy (non-hydrogen) atoms. The Bertz CT molecular complexity index is 390. The predicted molar refractivity (Wildman–Crippen MR) is 78.2 cm³/mol. The second-order valence-electron chi connectivity index (χ2n) is 4.90. The molecule has 0 aliphatic carbocycles. The fourth-order valence-corrected chi connectivity index (χ4v) is 3.11. The summed E-state index contributed by atoms with van der Waals surface area (Å²) in [5, 5.41) is 9.91. The number of aliphatic hydroxyl groups is 1. The predicted octanol–water partition coefficient (Wildman–Crippen LogP) is 2.54. The molecule has 1 fully saturated rings. The van der Waals surface area contributed by atoms with Crippen molar-refractivity contribution in [2.75, 3.05) is 18.8 Å². The van der Waals surface area contributed by atoms with Gasteiger partial charge in [-0.1, -0.05) is 18.2 Å². The minimum Gasteiger partial charge on any atom is -0.392 e. The molecule has 1 atom stereocenters. The Morgan fingerprint density at radius 3 is 2.63 bits per heavy atom. The largest absolute Gasteiger partial charge is 0.392 e. The lowest BCUT2D eigenvalue weighted by Crippen LogP contribution is -2.28. The van der Waals surface area contributed by atoms with Crippen molar-refractivity contribution >= 4 is 17.7 Å². The number of thioether (sulfide) groups is 1. The molecule has 1 aromatic rings. The molecule has 1 heterocycles. The summed E-state index contributed by atoms with van der Waals surface area (Å²) >= 11 is 1.64. The Morgan fingerprint density at radius 2 is 1.95 bits per heavy atom. The van der Waals surface area contributed by atoms with Gasteiger partial charge in [-0.2, -0.15) is 0 Å². The van der Waals surface area contributed by atoms with Crippen LogP contribution in [-0.2, 0) is 4.79 Å². The Balaban J connectivity index is 1.64. The van der Waals surface area contributed by atoms with Crippen LogP contribution in [0.2, 0.25) is 0 Å². The highest BCUT2D eigenvalue weighted by Crippen LogP contribution is 2.19. The normalized spacial score (nSPS) is 16.6. The molecule has 0 bridgehead atoms. The summed E-state index contributed by atoms with van der Waals surface area (Å²) in [5.74, 6) is 0.846. The summed E-state index contributed by atoms with van der Waals surface area (Å²) in [4.78, 5) is 14.9. The van der Waals surface area contributed by atoms with E-state index in [0.717, 1.165) is 30.8 Å². The third-order valence-electron chi connectivity index (χ3n) is 3.34. The van der Waals surface area contributed by atoms with Crippen molar-refractivity contribution in [1.29, 1.82) is 0 Å². The lowest BCUT2D eigenvalue weighted by molar-refractivity contribution is -0.130. The minimum absolute atomic E-state index is 0.196. The second kappa shape index (κ2) is 7.56. The summed E-state index contributed by atoms with van der Waals surface area (Å²) < 4.78 is 0. The zero-order valence-corrected chi connectivity index (χ0v) is 11.9. The van der Waals surface area contributed by atoms with Gasteiger partial charge in [0, 0.05) is 30.2 Å². The van der Waals surface area contributed by atoms with Crippen molar-refractivity contribution in [2.24, 2.45) is 0 Å². The fraction of sp³-hybridized carbons (Fsp3) is 0.533. The van der Waals surface area contributed by atoms with Gasteiger partial charge in [0.1, 0.15) is 0 Å². The molecule has 0 radical (unpaired) electrons. The van der Waals surface area contributed by atoms with Crippen LogP contribution in [0.1, 0.15) is 25.7 Å². The van der Waals surface area contributed by atoms with Gasteiger partial charge in [0.25, 0.3) is 0 Å². The summed E-state index contributed by atoms with van der Waals surface area (Å²) in [6, 6.07) is 10.0. The number of hydrogen-bond acceptors (Lipinski definition) is 3. The monoisotopic (exact) mass is 279 g/mol. The Kier molecular flexibility index (Phi) is 5.73. The number of carbonyl (C=O) groups excluding carboxylic acids is 1. The molecule has 0 saturated carbocycles. The number of likely N-dealkylation sites (tertiary alicyclic amines) is 1. The van der Waals surface area contributed by atoms with E-state index in [1.807, 2.05) is 35.2 Å². The van der Waals surface area contributed by atoms with E-state index in [0.29, 0.717) is 18.6 Å². The van der Waals surface area contributed by atoms with Crippen LogP contribution in [0.3, 0.4) is 0 Å². The van der Waals surface area contributed by atoms with Gasteiger partial charge in [-0.3, -0.25) is 4.79 Å². The molecular formula is C15H21NO2S. The molecule has 2 rings (SSSR count). The van der Waals surface area contributed by atoms with Gasteiger partial charge >= 0.3 is 0 Å². The van der Waals surface area contributed by atoms with E-state index in [1.165, 1.54) is 0 Å². The zero-order chi connectivity index (χ0) is 13.5. The molecule has 4 heteroatoms. The Morgan fingerprint density at radius 1 is 1.26 bits per heavy atom. The standard InChI is InChI=1S/C15H21NO2S/c17-13(12-19-14-6-2-1-3-7-14)8-9-15(18)16-10-4-5-11-16/h1-3,6-7,13,17H,4-5,8-12H2. The average Bonchev–Trinajstić information content (AvgIpc) is 2.98. The highest BCUT2D eigenvalue weighted by Gasteiger charge is 2.18. The maximum atomic E-state index is 11.8. The van der Waals surface area contributed by atoms with Gasteiger partial charge in [-0.05, 0) is 31.4 Å². The molecule has 1 aliphatic rings. The molecule has 1 unspecified atom stereocenters. The number of nitrogens with zero attached hydrogens (tertiary/aromatic N) is 1. The van der Waals surface area contributed by atoms with Gasteiger partial charge in [0.15, 0.2) is 0 Å². The highest BCUT2D eigenvalue weighted by molar-refractivity contribution is 7.99. The van der Waals surface area contributed by atoms with Crippen molar-refractivity contribution in [3.05, 3.63) is 30.3 Å². The molecule has 1 N–H and O–H groups in total. The molecule has 1 aromatic carbocycles. The van der Waals surface area contributed by atoms with Crippen LogP contribution in [0, 0.1) is 0 Å². The maximum Gasteiger partial charge on any atom is 0.222 e. The first-order valence-corrected chi connectivity index (χ1v) is 7.88. The van der Waals surface area contributed by atoms with E-state index in [1.54, 1.807) is 11.8 Å². The molecule has 1 aliphatic heterocycles. The summed E-state index contributed by atoms with van der Waals surface area (Å²) in [6.07, 6.45) is 2.87. The molecule has 0 aromatic heterocycles. The van der Waals surface area contributed by atoms with Crippen LogP contribution in [0.25, 0.3) is 0 Å². The SMILES string of the molecule is O=C(CCC(O)CSc1ccccc1)N1CCCC1. The van der Waals surface area contributed by atoms with Gasteiger partial charge in [-0.15, -0.1) is 11.8 Å². The van der Waals surface area contributed by atoms with E-state index in [4.69, 9.17) is 0 Å². The van der Waals surface area contributed by atoms with Gasteiger partial charge in [0.05, 0.1) is 6.10 Å². The van der Waals surface area contributed by atoms with Crippen LogP contribution in [0.5, 0.6) is 0 Å². The molecule has 1 amide bonds. The van der Waals surface area contributed by atoms with Crippen molar-refractivity contribution in [3.63, 3.8) is 0 Å². The van der Waals surface area contributed by atoms with Crippen molar-refractivity contribution < 1.29 is 9.90 Å². The maximum absolute atomic E-state index is 11.8. The third-order valence-corrected chi connectivity index (χ3v) is 4.49. The smallest absolute Gasteiger partial charge is 0.222 e. The number of carbonyl (C=O) groups is 1. The van der Waals surface area contributed by atoms with E-state index in [-0.39, 0.29) is 5.91 Å². The Hall–Kier alpha value is -1.00. The lowest BCUT2D eigenvalue weighted by atomic mass is 10.2. The molecule has 104 valence electrons. The van der Waals surface area contributed by atoms with Crippen LogP contribution < -0.4 is 0 Å². The first kappa shape index (κ1) is 14.4. The summed E-state index contributed by atoms with van der Waals surface area (Å²) in [6.45, 7) is 1.79. The first-order chi connectivity index (χ1) is 9.25. The summed E-state index contributed by atoms with van der Waals surface area (Å²) in [5.41, 5.74) is 0. The molecular weight excluding hydrogens is 258 g/mol. The van der Waals surface area contributed by atoms with E-state index >= 15 is 0 Å². The van der Waals surface area contributed by atoms with Crippen molar-refractivity contribution in [2.45, 2.75) is 36.7 Å². The number of benzene rings is 1. The molecule has 1 saturated heterocycles. The van der Waals surface area contributed by atoms with E-state index in [9.17, 15) is 9.90 Å². The number of amides is 1. The number of rotatable bonds is 6. The van der Waals surface area contributed by atoms with Crippen LogP contribution >= 0.6 is 11.8 Å². The highest BCUT2D eigenvalue weighted by atomic mass is 32.2. The molecule has 3 nitrogen and oxygen atoms in total. The molecule has 0 spiro atoms. The van der Waals surface area contributed by atoms with Crippen molar-refractivity contribution in [1.82, 2.24) is 4.90 Å². The van der Waals surface area contributed by atoms with E-state index < -0.39 is 6.10 Å². The first-order valence-electron chi connectivity index (χ1n) is 6.89. The summed E-state index contributed by atoms with van der Waals surface area (Å²) in [7, 11) is 0. The van der Waals surface area contributed by atoms with Crippen LogP contribution in [-0.4, -0.2) is 40.9 Å². The minimum atomic E-state index is -0.406. The number of hydrogen-bond donors (Lipinski definition) is 1. The quantitative estimate of drug-likeness (QED) is 0.814. The van der Waals surface area contributed by atoms with E-state index in [2.05, 4.69) is 0 Å². The van der Waals surface area contributed by atoms with Crippen LogP contribution in [0.4, 0.5) is 0 Å². The third kappa shape index (κ3) is 4.88. The average molecular weight is 279 g/mol. The fourth-order valence-electron chi connectivity index (χ4n) is 2.21. The van der Waals surface area contributed by atoms with Gasteiger partial charge in [-0.25, -0.2) is 0 Å². The van der Waals surface area contributed by atoms with Crippen molar-refractivity contribution in [3.8, 4) is 0 Å². The van der Waals surface area contributed by atoms with Crippen LogP contribution in [0.15, 0.2) is 35.2 Å². The lowest BCUT2D eigenvalue weighted by Gasteiger charge is -2.16. The topological polar surface area (TPSA) is 40.5 Å². The van der Waals surface area contributed by atoms with Gasteiger partial charge < -0.3 is 10.0 Å². The zero-order valence-electron chi connectivity index (χ0n) is 11.1. The Labute approximate surface area is 119 Å². The number of aliphatic hydroxyl groups excluding tert-OH is 1.